The first-order valence-corrected chi connectivity index (χ1v) is 7.77. The van der Waals surface area contributed by atoms with E-state index >= 15 is 0 Å². The number of rotatable bonds is 3. The third-order valence-electron chi connectivity index (χ3n) is 3.80. The van der Waals surface area contributed by atoms with Gasteiger partial charge in [0.05, 0.1) is 19.1 Å². The third-order valence-corrected chi connectivity index (χ3v) is 4.91. The van der Waals surface area contributed by atoms with Gasteiger partial charge < -0.3 is 9.47 Å². The van der Waals surface area contributed by atoms with Crippen LogP contribution in [0.15, 0.2) is 35.2 Å². The Balaban J connectivity index is 1.71. The predicted octanol–water partition coefficient (Wildman–Crippen LogP) is 2.89. The number of hydrogen-bond acceptors (Lipinski definition) is 4. The Bertz CT molecular complexity index is 440. The summed E-state index contributed by atoms with van der Waals surface area (Å²) in [6, 6.07) is 10.2. The first-order chi connectivity index (χ1) is 9.30. The number of ether oxygens (including phenoxy) is 2. The second kappa shape index (κ2) is 5.65. The van der Waals surface area contributed by atoms with Gasteiger partial charge in [-0.05, 0) is 18.6 Å². The van der Waals surface area contributed by atoms with E-state index in [1.165, 1.54) is 4.90 Å². The number of hydrogen-bond donors (Lipinski definition) is 0. The van der Waals surface area contributed by atoms with Crippen LogP contribution in [0, 0.1) is 5.92 Å². The molecule has 0 radical (unpaired) electrons. The molecule has 3 nitrogen and oxygen atoms in total. The first-order valence-electron chi connectivity index (χ1n) is 6.79. The van der Waals surface area contributed by atoms with Crippen LogP contribution < -0.4 is 0 Å². The Hall–Kier alpha value is -0.840. The molecule has 1 spiro atoms. The average Bonchev–Trinajstić information content (AvgIpc) is 2.89. The van der Waals surface area contributed by atoms with Gasteiger partial charge in [-0.15, -0.1) is 11.8 Å². The Morgan fingerprint density at radius 1 is 1.21 bits per heavy atom. The Morgan fingerprint density at radius 2 is 1.95 bits per heavy atom. The van der Waals surface area contributed by atoms with Crippen molar-refractivity contribution >= 4 is 17.5 Å². The van der Waals surface area contributed by atoms with Crippen molar-refractivity contribution in [2.75, 3.05) is 19.0 Å². The van der Waals surface area contributed by atoms with E-state index in [-0.39, 0.29) is 11.7 Å². The predicted molar refractivity (Wildman–Crippen MR) is 74.1 cm³/mol. The van der Waals surface area contributed by atoms with Gasteiger partial charge in [0.2, 0.25) is 0 Å². The number of carbonyl (C=O) groups is 1. The lowest BCUT2D eigenvalue weighted by molar-refractivity contribution is -0.204. The zero-order valence-electron chi connectivity index (χ0n) is 10.8. The molecule has 2 aliphatic rings. The largest absolute Gasteiger partial charge is 0.347 e. The lowest BCUT2D eigenvalue weighted by atomic mass is 9.83. The van der Waals surface area contributed by atoms with Crippen LogP contribution in [0.5, 0.6) is 0 Å². The second-order valence-corrected chi connectivity index (χ2v) is 6.10. The van der Waals surface area contributed by atoms with Gasteiger partial charge in [0.1, 0.15) is 5.78 Å². The van der Waals surface area contributed by atoms with E-state index < -0.39 is 5.79 Å². The molecule has 1 aliphatic heterocycles. The fourth-order valence-electron chi connectivity index (χ4n) is 2.83. The van der Waals surface area contributed by atoms with E-state index in [0.29, 0.717) is 19.6 Å². The molecule has 1 saturated heterocycles. The van der Waals surface area contributed by atoms with E-state index in [0.717, 1.165) is 18.6 Å². The van der Waals surface area contributed by atoms with E-state index in [1.807, 2.05) is 18.2 Å². The molecular formula is C15H18O3S. The smallest absolute Gasteiger partial charge is 0.178 e. The van der Waals surface area contributed by atoms with Crippen molar-refractivity contribution in [3.63, 3.8) is 0 Å². The normalized spacial score (nSPS) is 25.9. The molecule has 1 aliphatic carbocycles. The highest BCUT2D eigenvalue weighted by Gasteiger charge is 2.49. The third kappa shape index (κ3) is 2.71. The molecule has 1 saturated carbocycles. The van der Waals surface area contributed by atoms with Crippen molar-refractivity contribution in [3.8, 4) is 0 Å². The molecule has 0 N–H and O–H groups in total. The molecule has 2 fully saturated rings. The minimum atomic E-state index is -0.628. The average molecular weight is 278 g/mol. The summed E-state index contributed by atoms with van der Waals surface area (Å²) in [5.41, 5.74) is 0. The number of carbonyl (C=O) groups excluding carboxylic acids is 1. The van der Waals surface area contributed by atoms with Crippen LogP contribution >= 0.6 is 11.8 Å². The summed E-state index contributed by atoms with van der Waals surface area (Å²) in [5, 5.41) is 0. The number of benzene rings is 1. The summed E-state index contributed by atoms with van der Waals surface area (Å²) in [5.74, 6) is 0.269. The number of thioether (sulfide) groups is 1. The van der Waals surface area contributed by atoms with Crippen LogP contribution in [0.2, 0.25) is 0 Å². The summed E-state index contributed by atoms with van der Waals surface area (Å²) < 4.78 is 11.6. The molecule has 1 aromatic rings. The summed E-state index contributed by atoms with van der Waals surface area (Å²) >= 11 is 1.71. The molecule has 1 atom stereocenters. The van der Waals surface area contributed by atoms with Crippen LogP contribution in [0.4, 0.5) is 0 Å². The van der Waals surface area contributed by atoms with E-state index in [1.54, 1.807) is 11.8 Å². The van der Waals surface area contributed by atoms with Crippen LogP contribution in [-0.4, -0.2) is 30.5 Å². The lowest BCUT2D eigenvalue weighted by Gasteiger charge is -2.38. The molecule has 19 heavy (non-hydrogen) atoms. The van der Waals surface area contributed by atoms with Gasteiger partial charge in [0.15, 0.2) is 5.79 Å². The summed E-state index contributed by atoms with van der Waals surface area (Å²) in [6.07, 6.45) is 2.39. The van der Waals surface area contributed by atoms with Gasteiger partial charge >= 0.3 is 0 Å². The first kappa shape index (κ1) is 13.2. The van der Waals surface area contributed by atoms with Gasteiger partial charge in [-0.2, -0.15) is 0 Å². The molecule has 4 heteroatoms. The fraction of sp³-hybridized carbons (Fsp3) is 0.533. The summed E-state index contributed by atoms with van der Waals surface area (Å²) in [7, 11) is 0. The highest BCUT2D eigenvalue weighted by molar-refractivity contribution is 7.99. The monoisotopic (exact) mass is 278 g/mol. The lowest BCUT2D eigenvalue weighted by Crippen LogP contribution is -2.47. The Labute approximate surface area is 117 Å². The molecule has 1 heterocycles. The summed E-state index contributed by atoms with van der Waals surface area (Å²) in [4.78, 5) is 13.4. The van der Waals surface area contributed by atoms with Gasteiger partial charge in [-0.3, -0.25) is 4.79 Å². The highest BCUT2D eigenvalue weighted by Crippen LogP contribution is 2.41. The quantitative estimate of drug-likeness (QED) is 0.796. The van der Waals surface area contributed by atoms with Crippen LogP contribution in [-0.2, 0) is 14.3 Å². The fourth-order valence-corrected chi connectivity index (χ4v) is 3.98. The topological polar surface area (TPSA) is 35.5 Å². The van der Waals surface area contributed by atoms with E-state index in [4.69, 9.17) is 9.47 Å². The van der Waals surface area contributed by atoms with Crippen molar-refractivity contribution in [1.29, 1.82) is 0 Å². The molecule has 0 bridgehead atoms. The molecule has 0 amide bonds. The SMILES string of the molecule is O=C1CCCC2(OCCO2)C1CSc1ccccc1. The zero-order chi connectivity index (χ0) is 13.1. The summed E-state index contributed by atoms with van der Waals surface area (Å²) in [6.45, 7) is 1.22. The van der Waals surface area contributed by atoms with Crippen LogP contribution in [0.25, 0.3) is 0 Å². The van der Waals surface area contributed by atoms with Crippen molar-refractivity contribution in [1.82, 2.24) is 0 Å². The van der Waals surface area contributed by atoms with Gasteiger partial charge in [-0.25, -0.2) is 0 Å². The van der Waals surface area contributed by atoms with Crippen molar-refractivity contribution in [2.45, 2.75) is 29.9 Å². The molecule has 102 valence electrons. The molecule has 3 rings (SSSR count). The minimum absolute atomic E-state index is 0.131. The molecular weight excluding hydrogens is 260 g/mol. The van der Waals surface area contributed by atoms with Crippen molar-refractivity contribution in [2.24, 2.45) is 5.92 Å². The van der Waals surface area contributed by atoms with Crippen LogP contribution in [0.3, 0.4) is 0 Å². The maximum absolute atomic E-state index is 12.2. The maximum Gasteiger partial charge on any atom is 0.178 e. The minimum Gasteiger partial charge on any atom is -0.347 e. The zero-order valence-corrected chi connectivity index (χ0v) is 11.7. The Kier molecular flexibility index (Phi) is 3.91. The molecule has 0 aromatic heterocycles. The van der Waals surface area contributed by atoms with Gasteiger partial charge in [0.25, 0.3) is 0 Å². The van der Waals surface area contributed by atoms with E-state index in [2.05, 4.69) is 12.1 Å². The standard InChI is InChI=1S/C15H18O3S/c16-14-7-4-8-15(17-9-10-18-15)13(14)11-19-12-5-2-1-3-6-12/h1-3,5-6,13H,4,7-11H2. The van der Waals surface area contributed by atoms with Gasteiger partial charge in [0, 0.05) is 23.5 Å². The van der Waals surface area contributed by atoms with Crippen molar-refractivity contribution in [3.05, 3.63) is 30.3 Å². The molecule has 1 unspecified atom stereocenters. The second-order valence-electron chi connectivity index (χ2n) is 5.01. The van der Waals surface area contributed by atoms with E-state index in [9.17, 15) is 4.79 Å². The molecule has 1 aromatic carbocycles. The highest BCUT2D eigenvalue weighted by atomic mass is 32.2. The van der Waals surface area contributed by atoms with Crippen molar-refractivity contribution < 1.29 is 14.3 Å². The Morgan fingerprint density at radius 3 is 2.68 bits per heavy atom. The van der Waals surface area contributed by atoms with Crippen LogP contribution in [0.1, 0.15) is 19.3 Å². The van der Waals surface area contributed by atoms with Gasteiger partial charge in [-0.1, -0.05) is 18.2 Å². The maximum atomic E-state index is 12.2. The number of ketones is 1. The number of Topliss-reactive ketones (excluding diaryl/α,β-unsaturated/α-hetero) is 1.